The van der Waals surface area contributed by atoms with Crippen molar-refractivity contribution in [2.45, 2.75) is 45.6 Å². The van der Waals surface area contributed by atoms with Crippen LogP contribution in [0, 0.1) is 11.7 Å². The highest BCUT2D eigenvalue weighted by atomic mass is 19.1. The van der Waals surface area contributed by atoms with Gasteiger partial charge in [-0.2, -0.15) is 5.10 Å². The minimum Gasteiger partial charge on any atom is -0.444 e. The third-order valence-electron chi connectivity index (χ3n) is 4.72. The summed E-state index contributed by atoms with van der Waals surface area (Å²) in [5.41, 5.74) is 0.216. The number of likely N-dealkylation sites (tertiary alicyclic amines) is 1. The maximum absolute atomic E-state index is 14.3. The van der Waals surface area contributed by atoms with Crippen molar-refractivity contribution < 1.29 is 18.7 Å². The zero-order chi connectivity index (χ0) is 21.0. The fourth-order valence-electron chi connectivity index (χ4n) is 3.30. The van der Waals surface area contributed by atoms with Crippen LogP contribution in [0.2, 0.25) is 0 Å². The van der Waals surface area contributed by atoms with Gasteiger partial charge >= 0.3 is 6.09 Å². The smallest absolute Gasteiger partial charge is 0.410 e. The minimum absolute atomic E-state index is 0.160. The average Bonchev–Trinajstić information content (AvgIpc) is 3.15. The fourth-order valence-corrected chi connectivity index (χ4v) is 3.30. The number of anilines is 1. The Kier molecular flexibility index (Phi) is 6.20. The predicted octanol–water partition coefficient (Wildman–Crippen LogP) is 3.99. The number of halogens is 1. The third-order valence-corrected chi connectivity index (χ3v) is 4.72. The van der Waals surface area contributed by atoms with E-state index in [0.29, 0.717) is 30.9 Å². The first-order valence-corrected chi connectivity index (χ1v) is 9.78. The Hall–Kier alpha value is -2.90. The standard InChI is InChI=1S/C21H27FN4O3/c1-21(2,3)29-20(28)25-11-7-15(8-12-25)13-19(27)24-16-5-6-18(17(22)14-16)26-10-4-9-23-26/h4-6,9-10,14-15H,7-8,11-13H2,1-3H3,(H,24,27). The van der Waals surface area contributed by atoms with Crippen molar-refractivity contribution in [2.24, 2.45) is 5.92 Å². The van der Waals surface area contributed by atoms with Crippen molar-refractivity contribution in [3.63, 3.8) is 0 Å². The lowest BCUT2D eigenvalue weighted by molar-refractivity contribution is -0.117. The molecular formula is C21H27FN4O3. The molecule has 7 nitrogen and oxygen atoms in total. The zero-order valence-corrected chi connectivity index (χ0v) is 17.0. The van der Waals surface area contributed by atoms with E-state index >= 15 is 0 Å². The van der Waals surface area contributed by atoms with Gasteiger partial charge in [0.25, 0.3) is 0 Å². The second-order valence-corrected chi connectivity index (χ2v) is 8.28. The van der Waals surface area contributed by atoms with Crippen LogP contribution in [0.15, 0.2) is 36.7 Å². The Labute approximate surface area is 169 Å². The molecule has 0 saturated carbocycles. The van der Waals surface area contributed by atoms with Gasteiger partial charge in [0.15, 0.2) is 5.82 Å². The topological polar surface area (TPSA) is 76.5 Å². The largest absolute Gasteiger partial charge is 0.444 e. The lowest BCUT2D eigenvalue weighted by atomic mass is 9.93. The number of hydrogen-bond acceptors (Lipinski definition) is 4. The molecule has 0 aliphatic carbocycles. The molecule has 1 N–H and O–H groups in total. The molecule has 1 aliphatic heterocycles. The zero-order valence-electron chi connectivity index (χ0n) is 17.0. The van der Waals surface area contributed by atoms with E-state index in [0.717, 1.165) is 12.8 Å². The van der Waals surface area contributed by atoms with Crippen molar-refractivity contribution in [1.82, 2.24) is 14.7 Å². The van der Waals surface area contributed by atoms with Crippen LogP contribution in [-0.2, 0) is 9.53 Å². The van der Waals surface area contributed by atoms with E-state index in [9.17, 15) is 14.0 Å². The molecule has 2 heterocycles. The Morgan fingerprint density at radius 3 is 2.59 bits per heavy atom. The van der Waals surface area contributed by atoms with E-state index in [-0.39, 0.29) is 17.9 Å². The van der Waals surface area contributed by atoms with Crippen molar-refractivity contribution >= 4 is 17.7 Å². The lowest BCUT2D eigenvalue weighted by Gasteiger charge is -2.33. The fraction of sp³-hybridized carbons (Fsp3) is 0.476. The monoisotopic (exact) mass is 402 g/mol. The van der Waals surface area contributed by atoms with Gasteiger partial charge in [0.05, 0.1) is 0 Å². The Morgan fingerprint density at radius 2 is 2.00 bits per heavy atom. The molecule has 29 heavy (non-hydrogen) atoms. The number of ether oxygens (including phenoxy) is 1. The molecule has 2 aromatic rings. The number of carbonyl (C=O) groups is 2. The molecule has 8 heteroatoms. The molecule has 1 aromatic heterocycles. The van der Waals surface area contributed by atoms with Crippen LogP contribution in [-0.4, -0.2) is 45.4 Å². The summed E-state index contributed by atoms with van der Waals surface area (Å²) in [6.07, 6.45) is 4.72. The molecule has 156 valence electrons. The summed E-state index contributed by atoms with van der Waals surface area (Å²) in [6.45, 7) is 6.66. The van der Waals surface area contributed by atoms with Crippen LogP contribution in [0.3, 0.4) is 0 Å². The molecule has 2 amide bonds. The van der Waals surface area contributed by atoms with Crippen molar-refractivity contribution in [3.8, 4) is 5.69 Å². The minimum atomic E-state index is -0.518. The van der Waals surface area contributed by atoms with E-state index in [1.54, 1.807) is 35.5 Å². The molecule has 0 unspecified atom stereocenters. The highest BCUT2D eigenvalue weighted by molar-refractivity contribution is 5.91. The summed E-state index contributed by atoms with van der Waals surface area (Å²) in [6, 6.07) is 6.24. The summed E-state index contributed by atoms with van der Waals surface area (Å²) in [5, 5.41) is 6.76. The maximum atomic E-state index is 14.3. The van der Waals surface area contributed by atoms with Crippen LogP contribution in [0.5, 0.6) is 0 Å². The normalized spacial score (nSPS) is 15.2. The van der Waals surface area contributed by atoms with Gasteiger partial charge in [-0.25, -0.2) is 13.9 Å². The van der Waals surface area contributed by atoms with Gasteiger partial charge in [-0.3, -0.25) is 4.79 Å². The predicted molar refractivity (Wildman–Crippen MR) is 107 cm³/mol. The second-order valence-electron chi connectivity index (χ2n) is 8.28. The number of nitrogens with zero attached hydrogens (tertiary/aromatic N) is 3. The van der Waals surface area contributed by atoms with Crippen LogP contribution >= 0.6 is 0 Å². The van der Waals surface area contributed by atoms with Gasteiger partial charge in [0.1, 0.15) is 11.3 Å². The molecular weight excluding hydrogens is 375 g/mol. The van der Waals surface area contributed by atoms with Crippen molar-refractivity contribution in [3.05, 3.63) is 42.5 Å². The van der Waals surface area contributed by atoms with E-state index in [2.05, 4.69) is 10.4 Å². The Balaban J connectivity index is 1.48. The Morgan fingerprint density at radius 1 is 1.28 bits per heavy atom. The van der Waals surface area contributed by atoms with Crippen LogP contribution in [0.1, 0.15) is 40.0 Å². The molecule has 0 bridgehead atoms. The first kappa shape index (κ1) is 20.8. The van der Waals surface area contributed by atoms with Crippen molar-refractivity contribution in [2.75, 3.05) is 18.4 Å². The third kappa shape index (κ3) is 5.79. The van der Waals surface area contributed by atoms with Crippen LogP contribution in [0.4, 0.5) is 14.9 Å². The average molecular weight is 402 g/mol. The van der Waals surface area contributed by atoms with Gasteiger partial charge in [-0.15, -0.1) is 0 Å². The van der Waals surface area contributed by atoms with Crippen LogP contribution < -0.4 is 5.32 Å². The van der Waals surface area contributed by atoms with E-state index < -0.39 is 11.4 Å². The number of rotatable bonds is 4. The van der Waals surface area contributed by atoms with Gasteiger partial charge in [0.2, 0.25) is 5.91 Å². The molecule has 1 fully saturated rings. The highest BCUT2D eigenvalue weighted by Gasteiger charge is 2.27. The molecule has 3 rings (SSSR count). The van der Waals surface area contributed by atoms with E-state index in [1.165, 1.54) is 10.7 Å². The first-order valence-electron chi connectivity index (χ1n) is 9.78. The number of benzene rings is 1. The molecule has 1 aromatic carbocycles. The highest BCUT2D eigenvalue weighted by Crippen LogP contribution is 2.23. The number of carbonyl (C=O) groups excluding carboxylic acids is 2. The molecule has 1 aliphatic rings. The second kappa shape index (κ2) is 8.63. The van der Waals surface area contributed by atoms with E-state index in [1.807, 2.05) is 20.8 Å². The Bertz CT molecular complexity index is 853. The van der Waals surface area contributed by atoms with Gasteiger partial charge in [-0.1, -0.05) is 0 Å². The molecule has 1 saturated heterocycles. The maximum Gasteiger partial charge on any atom is 0.410 e. The number of nitrogens with one attached hydrogen (secondary N) is 1. The summed E-state index contributed by atoms with van der Waals surface area (Å²) < 4.78 is 21.1. The quantitative estimate of drug-likeness (QED) is 0.839. The van der Waals surface area contributed by atoms with Gasteiger partial charge < -0.3 is 15.0 Å². The SMILES string of the molecule is CC(C)(C)OC(=O)N1CCC(CC(=O)Nc2ccc(-n3cccn3)c(F)c2)CC1. The number of amides is 2. The van der Waals surface area contributed by atoms with Gasteiger partial charge in [0, 0.05) is 37.6 Å². The van der Waals surface area contributed by atoms with E-state index in [4.69, 9.17) is 4.74 Å². The molecule has 0 atom stereocenters. The summed E-state index contributed by atoms with van der Waals surface area (Å²) in [4.78, 5) is 26.1. The summed E-state index contributed by atoms with van der Waals surface area (Å²) >= 11 is 0. The van der Waals surface area contributed by atoms with Gasteiger partial charge in [-0.05, 0) is 63.8 Å². The van der Waals surface area contributed by atoms with Crippen molar-refractivity contribution in [1.29, 1.82) is 0 Å². The first-order chi connectivity index (χ1) is 13.7. The summed E-state index contributed by atoms with van der Waals surface area (Å²) in [7, 11) is 0. The molecule has 0 radical (unpaired) electrons. The lowest BCUT2D eigenvalue weighted by Crippen LogP contribution is -2.42. The van der Waals surface area contributed by atoms with Crippen LogP contribution in [0.25, 0.3) is 5.69 Å². The number of aromatic nitrogens is 2. The summed E-state index contributed by atoms with van der Waals surface area (Å²) in [5.74, 6) is -0.439. The molecule has 0 spiro atoms. The number of piperidine rings is 1. The number of hydrogen-bond donors (Lipinski definition) is 1.